The van der Waals surface area contributed by atoms with Crippen molar-refractivity contribution in [3.8, 4) is 0 Å². The molecular formula is C20H20N4O. The fourth-order valence-corrected chi connectivity index (χ4v) is 3.45. The molecule has 2 heterocycles. The molecule has 126 valence electrons. The van der Waals surface area contributed by atoms with Crippen molar-refractivity contribution in [1.82, 2.24) is 14.6 Å². The first-order valence-corrected chi connectivity index (χ1v) is 8.79. The Labute approximate surface area is 146 Å². The largest absolute Gasteiger partial charge is 0.282 e. The minimum Gasteiger partial charge on any atom is -0.267 e. The number of hydrogen-bond donors (Lipinski definition) is 0. The first-order chi connectivity index (χ1) is 12.3. The molecule has 1 fully saturated rings. The summed E-state index contributed by atoms with van der Waals surface area (Å²) in [6, 6.07) is 11.2. The summed E-state index contributed by atoms with van der Waals surface area (Å²) in [7, 11) is 0. The number of nitrogens with zero attached hydrogens (tertiary/aromatic N) is 4. The lowest BCUT2D eigenvalue weighted by molar-refractivity contribution is 0.416. The molecule has 0 bridgehead atoms. The van der Waals surface area contributed by atoms with E-state index < -0.39 is 0 Å². The van der Waals surface area contributed by atoms with Crippen LogP contribution in [0, 0.1) is 0 Å². The van der Waals surface area contributed by atoms with Gasteiger partial charge >= 0.3 is 0 Å². The zero-order valence-corrected chi connectivity index (χ0v) is 14.0. The molecule has 3 aromatic rings. The van der Waals surface area contributed by atoms with Crippen LogP contribution in [0.2, 0.25) is 0 Å². The molecule has 0 radical (unpaired) electrons. The first kappa shape index (κ1) is 15.7. The Morgan fingerprint density at radius 2 is 1.80 bits per heavy atom. The molecule has 0 unspecified atom stereocenters. The zero-order valence-electron chi connectivity index (χ0n) is 14.0. The Kier molecular flexibility index (Phi) is 4.37. The second-order valence-corrected chi connectivity index (χ2v) is 6.46. The Balaban J connectivity index is 1.86. The van der Waals surface area contributed by atoms with Crippen LogP contribution in [0.4, 0.5) is 0 Å². The van der Waals surface area contributed by atoms with E-state index in [1.54, 1.807) is 18.6 Å². The number of aromatic nitrogens is 3. The second-order valence-electron chi connectivity index (χ2n) is 6.46. The molecule has 1 aliphatic rings. The molecule has 1 saturated carbocycles. The summed E-state index contributed by atoms with van der Waals surface area (Å²) >= 11 is 0. The third kappa shape index (κ3) is 3.22. The average Bonchev–Trinajstić information content (AvgIpc) is 2.69. The van der Waals surface area contributed by atoms with Gasteiger partial charge < -0.3 is 0 Å². The third-order valence-electron chi connectivity index (χ3n) is 4.78. The molecule has 0 aliphatic heterocycles. The van der Waals surface area contributed by atoms with Crippen LogP contribution in [0.15, 0.2) is 58.7 Å². The Morgan fingerprint density at radius 3 is 2.60 bits per heavy atom. The van der Waals surface area contributed by atoms with Gasteiger partial charge in [0.2, 0.25) is 0 Å². The summed E-state index contributed by atoms with van der Waals surface area (Å²) in [5.74, 6) is 1.08. The molecule has 5 nitrogen and oxygen atoms in total. The van der Waals surface area contributed by atoms with E-state index in [2.05, 4.69) is 10.1 Å². The Hall–Kier alpha value is -2.82. The van der Waals surface area contributed by atoms with Crippen molar-refractivity contribution >= 4 is 17.1 Å². The van der Waals surface area contributed by atoms with Crippen LogP contribution in [-0.4, -0.2) is 20.9 Å². The van der Waals surface area contributed by atoms with Crippen LogP contribution in [0.25, 0.3) is 10.9 Å². The third-order valence-corrected chi connectivity index (χ3v) is 4.78. The molecule has 0 atom stereocenters. The van der Waals surface area contributed by atoms with E-state index in [-0.39, 0.29) is 5.56 Å². The average molecular weight is 332 g/mol. The Bertz CT molecular complexity index is 956. The molecular weight excluding hydrogens is 312 g/mol. The monoisotopic (exact) mass is 332 g/mol. The van der Waals surface area contributed by atoms with Gasteiger partial charge in [0.15, 0.2) is 0 Å². The van der Waals surface area contributed by atoms with Crippen molar-refractivity contribution < 1.29 is 0 Å². The second kappa shape index (κ2) is 6.97. The standard InChI is InChI=1S/C20H20N4O/c25-20-17-8-4-5-9-18(17)23-19(16-6-2-1-3-7-16)24(20)22-14-15-10-12-21-13-11-15/h4-5,8-14,16H,1-3,6-7H2. The minimum atomic E-state index is -0.100. The fraction of sp³-hybridized carbons (Fsp3) is 0.300. The van der Waals surface area contributed by atoms with Crippen LogP contribution in [0.3, 0.4) is 0 Å². The molecule has 1 aromatic carbocycles. The first-order valence-electron chi connectivity index (χ1n) is 8.79. The van der Waals surface area contributed by atoms with E-state index >= 15 is 0 Å². The quantitative estimate of drug-likeness (QED) is 0.687. The van der Waals surface area contributed by atoms with Crippen molar-refractivity contribution in [3.63, 3.8) is 0 Å². The van der Waals surface area contributed by atoms with Crippen LogP contribution in [0.5, 0.6) is 0 Å². The van der Waals surface area contributed by atoms with Gasteiger partial charge in [-0.3, -0.25) is 9.78 Å². The van der Waals surface area contributed by atoms with Gasteiger partial charge in [-0.25, -0.2) is 4.98 Å². The summed E-state index contributed by atoms with van der Waals surface area (Å²) in [6.45, 7) is 0. The lowest BCUT2D eigenvalue weighted by Crippen LogP contribution is -2.25. The van der Waals surface area contributed by atoms with Gasteiger partial charge in [-0.2, -0.15) is 9.78 Å². The predicted molar refractivity (Wildman–Crippen MR) is 99.1 cm³/mol. The van der Waals surface area contributed by atoms with Crippen LogP contribution in [-0.2, 0) is 0 Å². The topological polar surface area (TPSA) is 60.1 Å². The van der Waals surface area contributed by atoms with Gasteiger partial charge in [0.25, 0.3) is 5.56 Å². The maximum atomic E-state index is 13.0. The molecule has 0 amide bonds. The number of pyridine rings is 1. The van der Waals surface area contributed by atoms with E-state index in [0.29, 0.717) is 11.3 Å². The Morgan fingerprint density at radius 1 is 1.04 bits per heavy atom. The normalized spacial score (nSPS) is 15.8. The van der Waals surface area contributed by atoms with E-state index in [9.17, 15) is 4.79 Å². The molecule has 4 rings (SSSR count). The van der Waals surface area contributed by atoms with E-state index in [4.69, 9.17) is 4.98 Å². The summed E-state index contributed by atoms with van der Waals surface area (Å²) in [4.78, 5) is 21.8. The van der Waals surface area contributed by atoms with E-state index in [1.807, 2.05) is 36.4 Å². The summed E-state index contributed by atoms with van der Waals surface area (Å²) < 4.78 is 1.50. The lowest BCUT2D eigenvalue weighted by atomic mass is 9.88. The highest BCUT2D eigenvalue weighted by Gasteiger charge is 2.22. The van der Waals surface area contributed by atoms with E-state index in [0.717, 1.165) is 29.7 Å². The number of para-hydroxylation sites is 1. The SMILES string of the molecule is O=c1c2ccccc2nc(C2CCCCC2)n1N=Cc1ccncc1. The zero-order chi connectivity index (χ0) is 17.1. The van der Waals surface area contributed by atoms with Crippen molar-refractivity contribution in [2.75, 3.05) is 0 Å². The maximum absolute atomic E-state index is 13.0. The van der Waals surface area contributed by atoms with Crippen molar-refractivity contribution in [2.24, 2.45) is 5.10 Å². The van der Waals surface area contributed by atoms with Crippen LogP contribution >= 0.6 is 0 Å². The molecule has 0 N–H and O–H groups in total. The predicted octanol–water partition coefficient (Wildman–Crippen LogP) is 3.72. The molecule has 2 aromatic heterocycles. The molecule has 25 heavy (non-hydrogen) atoms. The number of fused-ring (bicyclic) bond motifs is 1. The highest BCUT2D eigenvalue weighted by atomic mass is 16.1. The van der Waals surface area contributed by atoms with Gasteiger partial charge in [-0.1, -0.05) is 31.4 Å². The molecule has 1 aliphatic carbocycles. The van der Waals surface area contributed by atoms with Crippen molar-refractivity contribution in [3.05, 3.63) is 70.5 Å². The van der Waals surface area contributed by atoms with Crippen molar-refractivity contribution in [1.29, 1.82) is 0 Å². The van der Waals surface area contributed by atoms with E-state index in [1.165, 1.54) is 23.9 Å². The highest BCUT2D eigenvalue weighted by Crippen LogP contribution is 2.31. The van der Waals surface area contributed by atoms with Gasteiger partial charge in [0.1, 0.15) is 5.82 Å². The smallest absolute Gasteiger partial charge is 0.267 e. The van der Waals surface area contributed by atoms with Gasteiger partial charge in [-0.15, -0.1) is 0 Å². The maximum Gasteiger partial charge on any atom is 0.282 e. The van der Waals surface area contributed by atoms with Gasteiger partial charge in [0.05, 0.1) is 17.1 Å². The summed E-state index contributed by atoms with van der Waals surface area (Å²) in [5, 5.41) is 5.10. The minimum absolute atomic E-state index is 0.100. The fourth-order valence-electron chi connectivity index (χ4n) is 3.45. The van der Waals surface area contributed by atoms with Crippen LogP contribution in [0.1, 0.15) is 49.4 Å². The molecule has 0 spiro atoms. The number of hydrogen-bond acceptors (Lipinski definition) is 4. The number of benzene rings is 1. The van der Waals surface area contributed by atoms with Crippen LogP contribution < -0.4 is 5.56 Å². The van der Waals surface area contributed by atoms with Gasteiger partial charge in [-0.05, 0) is 42.7 Å². The molecule has 0 saturated heterocycles. The summed E-state index contributed by atoms with van der Waals surface area (Å²) in [5.41, 5.74) is 1.56. The number of rotatable bonds is 3. The lowest BCUT2D eigenvalue weighted by Gasteiger charge is -2.22. The van der Waals surface area contributed by atoms with Crippen molar-refractivity contribution in [2.45, 2.75) is 38.0 Å². The van der Waals surface area contributed by atoms with Gasteiger partial charge in [0, 0.05) is 18.3 Å². The summed E-state index contributed by atoms with van der Waals surface area (Å²) in [6.07, 6.45) is 10.9. The molecule has 5 heteroatoms. The highest BCUT2D eigenvalue weighted by molar-refractivity contribution is 5.80.